The Morgan fingerprint density at radius 3 is 2.46 bits per heavy atom. The van der Waals surface area contributed by atoms with E-state index in [1.54, 1.807) is 41.9 Å². The first-order chi connectivity index (χ1) is 16.9. The lowest BCUT2D eigenvalue weighted by Crippen LogP contribution is -2.25. The van der Waals surface area contributed by atoms with Gasteiger partial charge in [-0.05, 0) is 73.5 Å². The van der Waals surface area contributed by atoms with E-state index >= 15 is 0 Å². The topological polar surface area (TPSA) is 73.2 Å². The van der Waals surface area contributed by atoms with Gasteiger partial charge >= 0.3 is 5.97 Å². The lowest BCUT2D eigenvalue weighted by atomic mass is 10.1. The lowest BCUT2D eigenvalue weighted by molar-refractivity contribution is 0.0518. The highest BCUT2D eigenvalue weighted by atomic mass is 79.9. The summed E-state index contributed by atoms with van der Waals surface area (Å²) >= 11 is 9.46. The van der Waals surface area contributed by atoms with Crippen molar-refractivity contribution in [2.24, 2.45) is 0 Å². The van der Waals surface area contributed by atoms with E-state index in [1.165, 1.54) is 0 Å². The number of hydrogen-bond donors (Lipinski definition) is 1. The van der Waals surface area contributed by atoms with E-state index in [2.05, 4.69) is 26.3 Å². The minimum atomic E-state index is -0.486. The number of aromatic nitrogens is 2. The van der Waals surface area contributed by atoms with Gasteiger partial charge in [-0.2, -0.15) is 5.10 Å². The third-order valence-electron chi connectivity index (χ3n) is 5.30. The number of hydrogen-bond acceptors (Lipinski definition) is 4. The first kappa shape index (κ1) is 24.7. The van der Waals surface area contributed by atoms with Gasteiger partial charge in [-0.25, -0.2) is 9.48 Å². The van der Waals surface area contributed by atoms with E-state index in [4.69, 9.17) is 16.3 Å². The fourth-order valence-corrected chi connectivity index (χ4v) is 4.06. The zero-order valence-corrected chi connectivity index (χ0v) is 21.3. The fourth-order valence-electron chi connectivity index (χ4n) is 3.58. The van der Waals surface area contributed by atoms with Crippen LogP contribution in [-0.4, -0.2) is 34.8 Å². The van der Waals surface area contributed by atoms with Crippen molar-refractivity contribution >= 4 is 39.4 Å². The van der Waals surface area contributed by atoms with Crippen molar-refractivity contribution in [2.75, 3.05) is 13.2 Å². The van der Waals surface area contributed by atoms with E-state index in [9.17, 15) is 9.59 Å². The number of nitrogens with zero attached hydrogens (tertiary/aromatic N) is 2. The maximum Gasteiger partial charge on any atom is 0.358 e. The van der Waals surface area contributed by atoms with Gasteiger partial charge in [0, 0.05) is 27.2 Å². The van der Waals surface area contributed by atoms with Crippen molar-refractivity contribution in [3.8, 4) is 16.9 Å². The number of rotatable bonds is 8. The van der Waals surface area contributed by atoms with Crippen LogP contribution in [0.1, 0.15) is 33.3 Å². The summed E-state index contributed by atoms with van der Waals surface area (Å²) in [4.78, 5) is 24.9. The molecule has 35 heavy (non-hydrogen) atoms. The quantitative estimate of drug-likeness (QED) is 0.268. The standard InChI is InChI=1S/C27H23BrClN3O3/c1-2-35-27(34)24-17-25(19-6-10-21(28)11-7-19)32(31-24)23-12-8-20(9-13-23)26(33)30-15-14-18-4-3-5-22(29)16-18/h3-13,16-17H,2,14-15H2,1H3,(H,30,33). The second-order valence-corrected chi connectivity index (χ2v) is 9.09. The molecule has 1 heterocycles. The number of carbonyl (C=O) groups is 2. The third kappa shape index (κ3) is 6.18. The van der Waals surface area contributed by atoms with Crippen LogP contribution in [0.4, 0.5) is 0 Å². The first-order valence-electron chi connectivity index (χ1n) is 11.1. The molecule has 0 bridgehead atoms. The minimum absolute atomic E-state index is 0.167. The zero-order valence-electron chi connectivity index (χ0n) is 19.0. The summed E-state index contributed by atoms with van der Waals surface area (Å²) < 4.78 is 7.76. The minimum Gasteiger partial charge on any atom is -0.461 e. The van der Waals surface area contributed by atoms with Crippen LogP contribution in [0.5, 0.6) is 0 Å². The molecule has 1 N–H and O–H groups in total. The molecule has 4 rings (SSSR count). The van der Waals surface area contributed by atoms with Crippen molar-refractivity contribution in [1.82, 2.24) is 15.1 Å². The van der Waals surface area contributed by atoms with Gasteiger partial charge in [-0.15, -0.1) is 0 Å². The number of carbonyl (C=O) groups excluding carboxylic acids is 2. The highest BCUT2D eigenvalue weighted by Gasteiger charge is 2.18. The Hall–Kier alpha value is -3.42. The van der Waals surface area contributed by atoms with E-state index in [1.807, 2.05) is 48.5 Å². The number of esters is 1. The molecule has 0 unspecified atom stereocenters. The first-order valence-corrected chi connectivity index (χ1v) is 12.3. The molecule has 0 spiro atoms. The summed E-state index contributed by atoms with van der Waals surface area (Å²) in [6, 6.07) is 24.1. The van der Waals surface area contributed by atoms with E-state index in [0.717, 1.165) is 21.3 Å². The average molecular weight is 553 g/mol. The normalized spacial score (nSPS) is 10.7. The molecular formula is C27H23BrClN3O3. The lowest BCUT2D eigenvalue weighted by Gasteiger charge is -2.10. The van der Waals surface area contributed by atoms with E-state index < -0.39 is 5.97 Å². The SMILES string of the molecule is CCOC(=O)c1cc(-c2ccc(Br)cc2)n(-c2ccc(C(=O)NCCc3cccc(Cl)c3)cc2)n1. The molecule has 0 fully saturated rings. The van der Waals surface area contributed by atoms with Gasteiger partial charge in [-0.1, -0.05) is 51.8 Å². The zero-order chi connectivity index (χ0) is 24.8. The van der Waals surface area contributed by atoms with Gasteiger partial charge in [0.1, 0.15) is 0 Å². The highest BCUT2D eigenvalue weighted by molar-refractivity contribution is 9.10. The summed E-state index contributed by atoms with van der Waals surface area (Å²) in [5, 5.41) is 8.09. The molecule has 0 atom stereocenters. The monoisotopic (exact) mass is 551 g/mol. The average Bonchev–Trinajstić information content (AvgIpc) is 3.30. The van der Waals surface area contributed by atoms with Crippen molar-refractivity contribution in [3.05, 3.63) is 105 Å². The molecule has 0 saturated heterocycles. The molecule has 4 aromatic rings. The number of nitrogens with one attached hydrogen (secondary N) is 1. The van der Waals surface area contributed by atoms with Crippen molar-refractivity contribution < 1.29 is 14.3 Å². The summed E-state index contributed by atoms with van der Waals surface area (Å²) in [5.41, 5.74) is 4.15. The molecule has 0 aliphatic heterocycles. The summed E-state index contributed by atoms with van der Waals surface area (Å²) in [6.45, 7) is 2.51. The van der Waals surface area contributed by atoms with Gasteiger partial charge in [0.05, 0.1) is 18.0 Å². The maximum absolute atomic E-state index is 12.6. The number of halogens is 2. The smallest absolute Gasteiger partial charge is 0.358 e. The second-order valence-electron chi connectivity index (χ2n) is 7.74. The van der Waals surface area contributed by atoms with Crippen molar-refractivity contribution in [2.45, 2.75) is 13.3 Å². The largest absolute Gasteiger partial charge is 0.461 e. The number of amides is 1. The molecule has 0 aliphatic rings. The van der Waals surface area contributed by atoms with Crippen LogP contribution in [0.25, 0.3) is 16.9 Å². The molecule has 6 nitrogen and oxygen atoms in total. The summed E-state index contributed by atoms with van der Waals surface area (Å²) in [5.74, 6) is -0.653. The molecule has 1 amide bonds. The molecular weight excluding hydrogens is 530 g/mol. The molecule has 3 aromatic carbocycles. The van der Waals surface area contributed by atoms with Crippen LogP contribution in [0.15, 0.2) is 83.3 Å². The Bertz CT molecular complexity index is 1330. The Morgan fingerprint density at radius 2 is 1.77 bits per heavy atom. The predicted molar refractivity (Wildman–Crippen MR) is 140 cm³/mol. The molecule has 0 saturated carbocycles. The second kappa shape index (κ2) is 11.3. The molecule has 0 aliphatic carbocycles. The van der Waals surface area contributed by atoms with Crippen molar-refractivity contribution in [3.63, 3.8) is 0 Å². The van der Waals surface area contributed by atoms with Gasteiger partial charge in [0.25, 0.3) is 5.91 Å². The Morgan fingerprint density at radius 1 is 1.03 bits per heavy atom. The fraction of sp³-hybridized carbons (Fsp3) is 0.148. The van der Waals surface area contributed by atoms with Gasteiger partial charge < -0.3 is 10.1 Å². The van der Waals surface area contributed by atoms with Crippen LogP contribution < -0.4 is 5.32 Å². The van der Waals surface area contributed by atoms with Gasteiger partial charge in [-0.3, -0.25) is 4.79 Å². The Balaban J connectivity index is 1.53. The van der Waals surface area contributed by atoms with E-state index in [-0.39, 0.29) is 18.2 Å². The van der Waals surface area contributed by atoms with Crippen molar-refractivity contribution in [1.29, 1.82) is 0 Å². The number of benzene rings is 3. The van der Waals surface area contributed by atoms with Crippen LogP contribution in [0, 0.1) is 0 Å². The predicted octanol–water partition coefficient (Wildman–Crippen LogP) is 6.10. The van der Waals surface area contributed by atoms with Crippen LogP contribution in [0.3, 0.4) is 0 Å². The molecule has 0 radical (unpaired) electrons. The van der Waals surface area contributed by atoms with Crippen LogP contribution in [-0.2, 0) is 11.2 Å². The Labute approximate surface area is 217 Å². The summed E-state index contributed by atoms with van der Waals surface area (Å²) in [6.07, 6.45) is 0.685. The Kier molecular flexibility index (Phi) is 8.00. The summed E-state index contributed by atoms with van der Waals surface area (Å²) in [7, 11) is 0. The molecule has 1 aromatic heterocycles. The van der Waals surface area contributed by atoms with Crippen LogP contribution >= 0.6 is 27.5 Å². The maximum atomic E-state index is 12.6. The highest BCUT2D eigenvalue weighted by Crippen LogP contribution is 2.26. The van der Waals surface area contributed by atoms with Crippen LogP contribution in [0.2, 0.25) is 5.02 Å². The van der Waals surface area contributed by atoms with Gasteiger partial charge in [0.15, 0.2) is 5.69 Å². The molecule has 8 heteroatoms. The number of ether oxygens (including phenoxy) is 1. The molecule has 178 valence electrons. The third-order valence-corrected chi connectivity index (χ3v) is 6.06. The van der Waals surface area contributed by atoms with E-state index in [0.29, 0.717) is 29.2 Å². The van der Waals surface area contributed by atoms with Gasteiger partial charge in [0.2, 0.25) is 0 Å².